The van der Waals surface area contributed by atoms with Crippen molar-refractivity contribution in [3.05, 3.63) is 45.8 Å². The summed E-state index contributed by atoms with van der Waals surface area (Å²) < 4.78 is 36.7. The van der Waals surface area contributed by atoms with Crippen LogP contribution < -0.4 is 0 Å². The molecule has 9 heteroatoms. The third-order valence-corrected chi connectivity index (χ3v) is 5.40. The lowest BCUT2D eigenvalue weighted by atomic mass is 9.86. The van der Waals surface area contributed by atoms with Crippen LogP contribution in [0.2, 0.25) is 0 Å². The Morgan fingerprint density at radius 1 is 1.22 bits per heavy atom. The highest BCUT2D eigenvalue weighted by atomic mass is 32.2. The summed E-state index contributed by atoms with van der Waals surface area (Å²) in [5.74, 6) is 0.0654. The quantitative estimate of drug-likeness (QED) is 0.571. The molecule has 2 rings (SSSR count). The Kier molecular flexibility index (Phi) is 10.5. The maximum absolute atomic E-state index is 12.2. The maximum atomic E-state index is 12.2. The Balaban J connectivity index is 0.00000176. The normalized spacial score (nSPS) is 17.9. The smallest absolute Gasteiger partial charge is 0.389 e. The van der Waals surface area contributed by atoms with Crippen LogP contribution in [-0.2, 0) is 11.4 Å². The third-order valence-electron chi connectivity index (χ3n) is 4.11. The molecule has 1 unspecified atom stereocenters. The van der Waals surface area contributed by atoms with Gasteiger partial charge in [-0.1, -0.05) is 35.5 Å². The van der Waals surface area contributed by atoms with Crippen LogP contribution in [-0.4, -0.2) is 22.9 Å². The predicted octanol–water partition coefficient (Wildman–Crippen LogP) is 5.39. The summed E-state index contributed by atoms with van der Waals surface area (Å²) in [6.07, 6.45) is -2.00. The van der Waals surface area contributed by atoms with E-state index in [1.807, 2.05) is 30.3 Å². The van der Waals surface area contributed by atoms with E-state index in [4.69, 9.17) is 14.8 Å². The molecule has 1 aromatic rings. The molecule has 0 bridgehead atoms. The van der Waals surface area contributed by atoms with Crippen molar-refractivity contribution >= 4 is 17.5 Å². The van der Waals surface area contributed by atoms with Gasteiger partial charge in [0, 0.05) is 15.7 Å². The molecule has 1 aliphatic rings. The van der Waals surface area contributed by atoms with Gasteiger partial charge in [-0.05, 0) is 37.2 Å². The van der Waals surface area contributed by atoms with Crippen LogP contribution >= 0.6 is 11.8 Å². The first kappa shape index (κ1) is 23.0. The van der Waals surface area contributed by atoms with Gasteiger partial charge in [0.05, 0.1) is 23.5 Å². The number of thioether (sulfide) groups is 1. The van der Waals surface area contributed by atoms with Crippen molar-refractivity contribution < 1.29 is 18.0 Å². The first-order chi connectivity index (χ1) is 13.0. The van der Waals surface area contributed by atoms with Crippen LogP contribution in [0.4, 0.5) is 13.2 Å². The fourth-order valence-corrected chi connectivity index (χ4v) is 3.94. The lowest BCUT2D eigenvalue weighted by molar-refractivity contribution is -0.129. The van der Waals surface area contributed by atoms with Crippen LogP contribution in [0, 0.1) is 27.2 Å². The first-order valence-electron chi connectivity index (χ1n) is 8.44. The van der Waals surface area contributed by atoms with E-state index in [1.54, 1.807) is 0 Å². The molecule has 5 nitrogen and oxygen atoms in total. The van der Waals surface area contributed by atoms with Crippen molar-refractivity contribution in [2.75, 3.05) is 5.75 Å². The monoisotopic (exact) mass is 402 g/mol. The maximum Gasteiger partial charge on any atom is 0.389 e. The Labute approximate surface area is 160 Å². The second kappa shape index (κ2) is 12.3. The topological polar surface area (TPSA) is 79.5 Å². The van der Waals surface area contributed by atoms with Crippen molar-refractivity contribution in [1.82, 2.24) is 0 Å². The zero-order valence-electron chi connectivity index (χ0n) is 14.7. The Hall–Kier alpha value is -2.08. The molecule has 1 aromatic carbocycles. The van der Waals surface area contributed by atoms with Crippen LogP contribution in [0.3, 0.4) is 0 Å². The van der Waals surface area contributed by atoms with Gasteiger partial charge < -0.3 is 4.84 Å². The number of rotatable bonds is 7. The zero-order valence-corrected chi connectivity index (χ0v) is 15.5. The molecule has 1 aliphatic carbocycles. The third kappa shape index (κ3) is 9.43. The molecule has 0 spiro atoms. The highest BCUT2D eigenvalue weighted by Crippen LogP contribution is 2.33. The molecule has 0 heterocycles. The standard InChI is InChI=1S/C18H21F3N2OS.O2/c19-18(20,21)10-11-25-17(12-22)15-6-8-16(9-7-15)23-24-13-14-4-2-1-3-5-14;1-2/h1-5,15,17H,6-11,13H2;. The Bertz CT molecular complexity index is 611. The summed E-state index contributed by atoms with van der Waals surface area (Å²) in [7, 11) is 0. The fraction of sp³-hybridized carbons (Fsp3) is 0.556. The van der Waals surface area contributed by atoms with Crippen molar-refractivity contribution in [3.63, 3.8) is 0 Å². The highest BCUT2D eigenvalue weighted by Gasteiger charge is 2.30. The van der Waals surface area contributed by atoms with Gasteiger partial charge in [0.2, 0.25) is 0 Å². The van der Waals surface area contributed by atoms with Gasteiger partial charge in [-0.15, -0.1) is 11.8 Å². The van der Waals surface area contributed by atoms with Gasteiger partial charge in [0.25, 0.3) is 0 Å². The van der Waals surface area contributed by atoms with E-state index in [0.29, 0.717) is 6.61 Å². The number of hydrogen-bond donors (Lipinski definition) is 0. The number of nitrogens with zero attached hydrogens (tertiary/aromatic N) is 2. The molecule has 0 aromatic heterocycles. The second-order valence-electron chi connectivity index (χ2n) is 6.04. The lowest BCUT2D eigenvalue weighted by Gasteiger charge is -2.26. The minimum absolute atomic E-state index is 0.0562. The van der Waals surface area contributed by atoms with Gasteiger partial charge in [-0.3, -0.25) is 0 Å². The minimum Gasteiger partial charge on any atom is -0.391 e. The lowest BCUT2D eigenvalue weighted by Crippen LogP contribution is -2.23. The number of halogens is 3. The van der Waals surface area contributed by atoms with Crippen LogP contribution in [0.1, 0.15) is 37.7 Å². The number of hydrogen-bond acceptors (Lipinski definition) is 6. The van der Waals surface area contributed by atoms with Crippen LogP contribution in [0.15, 0.2) is 35.5 Å². The summed E-state index contributed by atoms with van der Waals surface area (Å²) in [6, 6.07) is 11.9. The molecule has 148 valence electrons. The van der Waals surface area contributed by atoms with E-state index in [2.05, 4.69) is 11.2 Å². The molecule has 1 saturated carbocycles. The SMILES string of the molecule is N#CC(SCCC(F)(F)F)C1CCC(=NOCc2ccccc2)CC1.O=O. The summed E-state index contributed by atoms with van der Waals surface area (Å²) in [5, 5.41) is 13.0. The Morgan fingerprint density at radius 3 is 2.41 bits per heavy atom. The molecule has 0 radical (unpaired) electrons. The molecule has 1 atom stereocenters. The van der Waals surface area contributed by atoms with Gasteiger partial charge in [-0.25, -0.2) is 0 Å². The van der Waals surface area contributed by atoms with Crippen molar-refractivity contribution in [2.45, 2.75) is 50.1 Å². The minimum atomic E-state index is -4.16. The average Bonchev–Trinajstić information content (AvgIpc) is 2.68. The van der Waals surface area contributed by atoms with E-state index >= 15 is 0 Å². The number of nitriles is 1. The summed E-state index contributed by atoms with van der Waals surface area (Å²) in [4.78, 5) is 19.4. The molecular formula is C18H21F3N2O3S. The molecule has 0 N–H and O–H groups in total. The summed E-state index contributed by atoms with van der Waals surface area (Å²) >= 11 is 1.12. The molecule has 27 heavy (non-hydrogen) atoms. The average molecular weight is 402 g/mol. The molecular weight excluding hydrogens is 381 g/mol. The van der Waals surface area contributed by atoms with E-state index < -0.39 is 12.6 Å². The van der Waals surface area contributed by atoms with Gasteiger partial charge in [-0.2, -0.15) is 18.4 Å². The number of benzene rings is 1. The molecule has 0 amide bonds. The van der Waals surface area contributed by atoms with Crippen molar-refractivity contribution in [2.24, 2.45) is 11.1 Å². The fourth-order valence-electron chi connectivity index (χ4n) is 2.72. The van der Waals surface area contributed by atoms with Crippen molar-refractivity contribution in [1.29, 1.82) is 5.26 Å². The first-order valence-corrected chi connectivity index (χ1v) is 9.49. The largest absolute Gasteiger partial charge is 0.391 e. The zero-order chi connectivity index (χ0) is 20.1. The van der Waals surface area contributed by atoms with Gasteiger partial charge in [0.1, 0.15) is 6.61 Å². The van der Waals surface area contributed by atoms with E-state index in [-0.39, 0.29) is 16.9 Å². The van der Waals surface area contributed by atoms with Crippen molar-refractivity contribution in [3.8, 4) is 6.07 Å². The molecule has 0 aliphatic heterocycles. The predicted molar refractivity (Wildman–Crippen MR) is 99.9 cm³/mol. The highest BCUT2D eigenvalue weighted by molar-refractivity contribution is 8.00. The van der Waals surface area contributed by atoms with Crippen LogP contribution in [0.25, 0.3) is 0 Å². The molecule has 0 saturated heterocycles. The van der Waals surface area contributed by atoms with Gasteiger partial charge in [0.15, 0.2) is 0 Å². The van der Waals surface area contributed by atoms with Crippen LogP contribution in [0.5, 0.6) is 0 Å². The van der Waals surface area contributed by atoms with E-state index in [1.165, 1.54) is 0 Å². The molecule has 1 fully saturated rings. The van der Waals surface area contributed by atoms with E-state index in [0.717, 1.165) is 48.7 Å². The van der Waals surface area contributed by atoms with E-state index in [9.17, 15) is 18.4 Å². The summed E-state index contributed by atoms with van der Waals surface area (Å²) in [6.45, 7) is 0.419. The Morgan fingerprint density at radius 2 is 1.85 bits per heavy atom. The summed E-state index contributed by atoms with van der Waals surface area (Å²) in [5.41, 5.74) is 2.01. The number of alkyl halides is 3. The van der Waals surface area contributed by atoms with Gasteiger partial charge >= 0.3 is 6.18 Å². The second-order valence-corrected chi connectivity index (χ2v) is 7.29. The number of oxime groups is 1.